The largest absolute Gasteiger partial charge is 0.472 e. The van der Waals surface area contributed by atoms with Crippen LogP contribution in [0.2, 0.25) is 0 Å². The van der Waals surface area contributed by atoms with Crippen LogP contribution in [0.3, 0.4) is 0 Å². The van der Waals surface area contributed by atoms with E-state index in [2.05, 4.69) is 111 Å². The Balaban J connectivity index is 5.32. The van der Waals surface area contributed by atoms with Crippen LogP contribution in [0.1, 0.15) is 258 Å². The third-order valence-electron chi connectivity index (χ3n) is 13.3. The van der Waals surface area contributed by atoms with Gasteiger partial charge in [-0.1, -0.05) is 240 Å². The molecule has 0 fully saturated rings. The molecule has 0 aromatic heterocycles. The quantitative estimate of drug-likeness (QED) is 0.0205. The maximum absolute atomic E-state index is 13.5. The second kappa shape index (κ2) is 55.3. The normalized spacial score (nSPS) is 14.4. The summed E-state index contributed by atoms with van der Waals surface area (Å²) < 4.78 is 30.6. The summed E-state index contributed by atoms with van der Waals surface area (Å²) in [6, 6.07) is -0.884. The Morgan fingerprint density at radius 2 is 0.855 bits per heavy atom. The van der Waals surface area contributed by atoms with Crippen molar-refractivity contribution in [1.82, 2.24) is 5.32 Å². The van der Waals surface area contributed by atoms with Crippen molar-refractivity contribution < 1.29 is 37.3 Å². The monoisotopic (exact) mass is 1080 g/mol. The number of likely N-dealkylation sites (N-methyl/N-ethyl adjacent to an activating group) is 1. The van der Waals surface area contributed by atoms with E-state index in [-0.39, 0.29) is 37.9 Å². The zero-order valence-electron chi connectivity index (χ0n) is 50.0. The molecule has 0 spiro atoms. The van der Waals surface area contributed by atoms with Crippen LogP contribution in [0.4, 0.5) is 0 Å². The number of unbranched alkanes of at least 4 members (excludes halogenated alkanes) is 25. The van der Waals surface area contributed by atoms with Crippen molar-refractivity contribution in [2.45, 2.75) is 270 Å². The molecule has 0 aliphatic heterocycles. The first-order chi connectivity index (χ1) is 36.9. The second-order valence-corrected chi connectivity index (χ2v) is 23.3. The van der Waals surface area contributed by atoms with E-state index in [1.807, 2.05) is 33.3 Å². The molecule has 0 aliphatic carbocycles. The van der Waals surface area contributed by atoms with Crippen molar-refractivity contribution in [3.05, 3.63) is 97.2 Å². The van der Waals surface area contributed by atoms with Crippen LogP contribution in [0.25, 0.3) is 0 Å². The molecule has 0 saturated carbocycles. The number of phosphoric acid groups is 1. The minimum absolute atomic E-state index is 0.0253. The Kier molecular flexibility index (Phi) is 53.0. The van der Waals surface area contributed by atoms with E-state index in [4.69, 9.17) is 13.8 Å². The van der Waals surface area contributed by atoms with Gasteiger partial charge in [0.15, 0.2) is 0 Å². The molecule has 438 valence electrons. The SMILES string of the molecule is CC/C=C\C/C=C\C/C=C\C/C=C\C/C=C\CCCC(=O)NC(COP(=O)(O)OCC[N+](C)(C)C)C(/C=C/CCCCCCCCCCCC)OC(=O)CCCCCCCCCCCCC/C=C\C/C=C\CCCCC. The van der Waals surface area contributed by atoms with Gasteiger partial charge in [0.05, 0.1) is 33.8 Å². The van der Waals surface area contributed by atoms with Crippen LogP contribution in [0.5, 0.6) is 0 Å². The summed E-state index contributed by atoms with van der Waals surface area (Å²) >= 11 is 0. The highest BCUT2D eigenvalue weighted by atomic mass is 31.2. The summed E-state index contributed by atoms with van der Waals surface area (Å²) in [6.45, 7) is 6.82. The van der Waals surface area contributed by atoms with E-state index >= 15 is 0 Å². The number of esters is 1. The summed E-state index contributed by atoms with van der Waals surface area (Å²) in [5.41, 5.74) is 0. The fourth-order valence-electron chi connectivity index (χ4n) is 8.48. The maximum atomic E-state index is 13.5. The van der Waals surface area contributed by atoms with Gasteiger partial charge < -0.3 is 19.4 Å². The van der Waals surface area contributed by atoms with Gasteiger partial charge in [0.25, 0.3) is 0 Å². The number of phosphoric ester groups is 1. The van der Waals surface area contributed by atoms with Crippen LogP contribution in [0, 0.1) is 0 Å². The standard InChI is InChI=1S/C66H117N2O7P/c1-7-10-13-16-19-22-25-28-30-32-33-34-35-37-39-41-44-47-50-53-56-59-66(70)75-64(57-54-51-48-45-42-27-24-21-18-15-12-9-3)63(62-74-76(71,72)73-61-60-68(4,5)6)67-65(69)58-55-52-49-46-43-40-38-36-31-29-26-23-20-17-14-11-8-2/h11,14,19-20,22-23,28-31,38,40,46,49,54,57,63-64H,7-10,12-13,15-18,21,24-27,32-37,39,41-45,47-48,50-53,55-56,58-62H2,1-6H3,(H-,67,69,71,72)/p+1/b14-11-,22-19-,23-20-,30-28-,31-29-,40-38-,49-46-,57-54+. The Labute approximate surface area is 468 Å². The minimum Gasteiger partial charge on any atom is -0.456 e. The van der Waals surface area contributed by atoms with Gasteiger partial charge in [-0.15, -0.1) is 0 Å². The third kappa shape index (κ3) is 55.7. The number of carbonyl (C=O) groups excluding carboxylic acids is 2. The van der Waals surface area contributed by atoms with E-state index in [0.29, 0.717) is 17.4 Å². The fourth-order valence-corrected chi connectivity index (χ4v) is 9.21. The summed E-state index contributed by atoms with van der Waals surface area (Å²) in [4.78, 5) is 37.7. The fraction of sp³-hybridized carbons (Fsp3) is 0.727. The van der Waals surface area contributed by atoms with E-state index in [0.717, 1.165) is 83.5 Å². The van der Waals surface area contributed by atoms with E-state index < -0.39 is 20.0 Å². The van der Waals surface area contributed by atoms with Gasteiger partial charge in [0.2, 0.25) is 5.91 Å². The van der Waals surface area contributed by atoms with Gasteiger partial charge in [-0.25, -0.2) is 4.57 Å². The molecule has 0 aromatic carbocycles. The Morgan fingerprint density at radius 1 is 0.474 bits per heavy atom. The van der Waals surface area contributed by atoms with Crippen molar-refractivity contribution in [3.63, 3.8) is 0 Å². The van der Waals surface area contributed by atoms with E-state index in [1.54, 1.807) is 0 Å². The van der Waals surface area contributed by atoms with Crippen molar-refractivity contribution >= 4 is 19.7 Å². The molecule has 0 saturated heterocycles. The van der Waals surface area contributed by atoms with Gasteiger partial charge in [0, 0.05) is 12.8 Å². The smallest absolute Gasteiger partial charge is 0.456 e. The second-order valence-electron chi connectivity index (χ2n) is 21.8. The summed E-state index contributed by atoms with van der Waals surface area (Å²) in [7, 11) is 1.45. The minimum atomic E-state index is -4.47. The highest BCUT2D eigenvalue weighted by Crippen LogP contribution is 2.43. The number of hydrogen-bond acceptors (Lipinski definition) is 6. The van der Waals surface area contributed by atoms with Crippen molar-refractivity contribution in [3.8, 4) is 0 Å². The average molecular weight is 1080 g/mol. The molecule has 0 aromatic rings. The summed E-state index contributed by atoms with van der Waals surface area (Å²) in [5, 5.41) is 3.02. The predicted molar refractivity (Wildman–Crippen MR) is 327 cm³/mol. The molecule has 0 radical (unpaired) electrons. The highest BCUT2D eigenvalue weighted by molar-refractivity contribution is 7.47. The molecule has 3 atom stereocenters. The van der Waals surface area contributed by atoms with Gasteiger partial charge in [-0.05, 0) is 102 Å². The number of rotatable bonds is 55. The first kappa shape index (κ1) is 72.9. The van der Waals surface area contributed by atoms with Crippen LogP contribution in [-0.4, -0.2) is 74.3 Å². The lowest BCUT2D eigenvalue weighted by Crippen LogP contribution is -2.47. The van der Waals surface area contributed by atoms with Crippen LogP contribution < -0.4 is 5.32 Å². The first-order valence-corrected chi connectivity index (χ1v) is 32.6. The molecule has 1 amide bonds. The Bertz CT molecular complexity index is 1620. The molecule has 0 heterocycles. The third-order valence-corrected chi connectivity index (χ3v) is 14.2. The molecule has 0 aliphatic rings. The van der Waals surface area contributed by atoms with Gasteiger partial charge >= 0.3 is 13.8 Å². The lowest BCUT2D eigenvalue weighted by Gasteiger charge is -2.27. The molecule has 0 bridgehead atoms. The van der Waals surface area contributed by atoms with Crippen LogP contribution in [-0.2, 0) is 27.9 Å². The van der Waals surface area contributed by atoms with E-state index in [1.165, 1.54) is 135 Å². The maximum Gasteiger partial charge on any atom is 0.472 e. The zero-order chi connectivity index (χ0) is 55.7. The molecule has 2 N–H and O–H groups in total. The number of allylic oxidation sites excluding steroid dienone is 15. The van der Waals surface area contributed by atoms with Crippen LogP contribution in [0.15, 0.2) is 97.2 Å². The molecular weight excluding hydrogens is 964 g/mol. The lowest BCUT2D eigenvalue weighted by atomic mass is 10.0. The average Bonchev–Trinajstić information content (AvgIpc) is 3.38. The van der Waals surface area contributed by atoms with Gasteiger partial charge in [0.1, 0.15) is 19.3 Å². The van der Waals surface area contributed by atoms with Crippen molar-refractivity contribution in [2.24, 2.45) is 0 Å². The number of amides is 1. The number of quaternary nitrogens is 1. The molecule has 10 heteroatoms. The molecule has 3 unspecified atom stereocenters. The van der Waals surface area contributed by atoms with Gasteiger partial charge in [-0.2, -0.15) is 0 Å². The Morgan fingerprint density at radius 3 is 1.32 bits per heavy atom. The van der Waals surface area contributed by atoms with Gasteiger partial charge in [-0.3, -0.25) is 18.6 Å². The Hall–Kier alpha value is -3.07. The number of nitrogens with one attached hydrogen (secondary N) is 1. The van der Waals surface area contributed by atoms with Crippen molar-refractivity contribution in [2.75, 3.05) is 40.9 Å². The number of hydrogen-bond donors (Lipinski definition) is 2. The van der Waals surface area contributed by atoms with Crippen LogP contribution >= 0.6 is 7.82 Å². The molecule has 76 heavy (non-hydrogen) atoms. The van der Waals surface area contributed by atoms with Crippen molar-refractivity contribution in [1.29, 1.82) is 0 Å². The molecule has 0 rings (SSSR count). The summed E-state index contributed by atoms with van der Waals surface area (Å²) in [6.07, 6.45) is 74.1. The predicted octanol–water partition coefficient (Wildman–Crippen LogP) is 19.2. The molecule has 9 nitrogen and oxygen atoms in total. The highest BCUT2D eigenvalue weighted by Gasteiger charge is 2.30. The molecular formula is C66H118N2O7P+. The lowest BCUT2D eigenvalue weighted by molar-refractivity contribution is -0.870. The zero-order valence-corrected chi connectivity index (χ0v) is 50.9. The number of nitrogens with zero attached hydrogens (tertiary/aromatic N) is 1. The first-order valence-electron chi connectivity index (χ1n) is 31.1. The number of carbonyl (C=O) groups is 2. The van der Waals surface area contributed by atoms with E-state index in [9.17, 15) is 19.0 Å². The topological polar surface area (TPSA) is 111 Å². The number of ether oxygens (including phenoxy) is 1. The summed E-state index contributed by atoms with van der Waals surface area (Å²) in [5.74, 6) is -0.577.